The molecule has 0 aliphatic rings. The molecule has 0 aromatic rings. The molecule has 2 N–H and O–H groups in total. The monoisotopic (exact) mass is 284 g/mol. The van der Waals surface area contributed by atoms with Crippen molar-refractivity contribution in [3.05, 3.63) is 12.2 Å². The first-order chi connectivity index (χ1) is 9.22. The molecule has 0 aromatic carbocycles. The Balaban J connectivity index is 4.27. The van der Waals surface area contributed by atoms with E-state index in [9.17, 15) is 14.4 Å². The summed E-state index contributed by atoms with van der Waals surface area (Å²) >= 11 is 0. The van der Waals surface area contributed by atoms with Crippen LogP contribution in [0.15, 0.2) is 12.2 Å². The van der Waals surface area contributed by atoms with Crippen LogP contribution in [0.5, 0.6) is 0 Å². The summed E-state index contributed by atoms with van der Waals surface area (Å²) in [5, 5.41) is 5.53. The summed E-state index contributed by atoms with van der Waals surface area (Å²) < 4.78 is 5.00. The van der Waals surface area contributed by atoms with E-state index in [2.05, 4.69) is 17.2 Å². The molecule has 2 unspecified atom stereocenters. The minimum absolute atomic E-state index is 0.0683. The maximum absolute atomic E-state index is 11.2. The molecular weight excluding hydrogens is 260 g/mol. The second kappa shape index (κ2) is 9.12. The topological polar surface area (TPSA) is 84.5 Å². The van der Waals surface area contributed by atoms with Gasteiger partial charge in [0, 0.05) is 37.9 Å². The number of ether oxygens (including phenoxy) is 1. The molecule has 0 fully saturated rings. The number of rotatable bonds is 8. The summed E-state index contributed by atoms with van der Waals surface area (Å²) in [4.78, 5) is 33.3. The maximum atomic E-state index is 11.2. The van der Waals surface area contributed by atoms with Gasteiger partial charge in [-0.3, -0.25) is 9.59 Å². The Morgan fingerprint density at radius 2 is 1.65 bits per heavy atom. The zero-order valence-electron chi connectivity index (χ0n) is 12.6. The first-order valence-corrected chi connectivity index (χ1v) is 6.59. The molecule has 2 amide bonds. The van der Waals surface area contributed by atoms with E-state index in [0.29, 0.717) is 18.4 Å². The lowest BCUT2D eigenvalue weighted by Crippen LogP contribution is -2.41. The van der Waals surface area contributed by atoms with Crippen LogP contribution in [0.2, 0.25) is 0 Å². The van der Waals surface area contributed by atoms with Crippen LogP contribution >= 0.6 is 0 Å². The molecule has 20 heavy (non-hydrogen) atoms. The predicted molar refractivity (Wildman–Crippen MR) is 75.9 cm³/mol. The first kappa shape index (κ1) is 18.1. The summed E-state index contributed by atoms with van der Waals surface area (Å²) in [5.41, 5.74) is 0.340. The van der Waals surface area contributed by atoms with Crippen molar-refractivity contribution in [2.45, 2.75) is 52.6 Å². The van der Waals surface area contributed by atoms with Gasteiger partial charge in [-0.25, -0.2) is 4.79 Å². The fourth-order valence-electron chi connectivity index (χ4n) is 1.79. The van der Waals surface area contributed by atoms with Gasteiger partial charge in [-0.15, -0.1) is 0 Å². The summed E-state index contributed by atoms with van der Waals surface area (Å²) in [5.74, 6) is -0.717. The largest absolute Gasteiger partial charge is 0.462 e. The van der Waals surface area contributed by atoms with Gasteiger partial charge in [0.1, 0.15) is 0 Å². The molecular formula is C14H24N2O4. The van der Waals surface area contributed by atoms with Gasteiger partial charge >= 0.3 is 5.97 Å². The Hall–Kier alpha value is -1.85. The summed E-state index contributed by atoms with van der Waals surface area (Å²) in [7, 11) is 0. The zero-order valence-corrected chi connectivity index (χ0v) is 12.6. The molecule has 0 bridgehead atoms. The second-order valence-electron chi connectivity index (χ2n) is 4.94. The highest BCUT2D eigenvalue weighted by atomic mass is 16.5. The van der Waals surface area contributed by atoms with Crippen molar-refractivity contribution in [2.75, 3.05) is 6.61 Å². The molecule has 0 saturated heterocycles. The Morgan fingerprint density at radius 3 is 2.10 bits per heavy atom. The highest BCUT2D eigenvalue weighted by molar-refractivity contribution is 5.86. The highest BCUT2D eigenvalue weighted by Crippen LogP contribution is 2.05. The average Bonchev–Trinajstić information content (AvgIpc) is 2.26. The van der Waals surface area contributed by atoms with Gasteiger partial charge in [-0.1, -0.05) is 6.58 Å². The van der Waals surface area contributed by atoms with Crippen LogP contribution in [-0.4, -0.2) is 36.5 Å². The van der Waals surface area contributed by atoms with E-state index < -0.39 is 5.97 Å². The third-order valence-corrected chi connectivity index (χ3v) is 2.54. The van der Waals surface area contributed by atoms with E-state index in [-0.39, 0.29) is 30.5 Å². The Labute approximate surface area is 119 Å². The van der Waals surface area contributed by atoms with E-state index in [4.69, 9.17) is 4.74 Å². The molecule has 2 atom stereocenters. The number of esters is 1. The zero-order chi connectivity index (χ0) is 15.7. The molecule has 114 valence electrons. The van der Waals surface area contributed by atoms with E-state index in [1.54, 1.807) is 6.92 Å². The fraction of sp³-hybridized carbons (Fsp3) is 0.643. The van der Waals surface area contributed by atoms with Crippen LogP contribution in [0.25, 0.3) is 0 Å². The van der Waals surface area contributed by atoms with Crippen LogP contribution < -0.4 is 10.6 Å². The smallest absolute Gasteiger partial charge is 0.333 e. The van der Waals surface area contributed by atoms with Crippen molar-refractivity contribution in [3.8, 4) is 0 Å². The lowest BCUT2D eigenvalue weighted by Gasteiger charge is -2.22. The SMILES string of the molecule is C=C(C)C(=O)OCCC(CC(C)NC(C)=O)NC(C)=O. The minimum atomic E-state index is -0.443. The van der Waals surface area contributed by atoms with Gasteiger partial charge in [-0.2, -0.15) is 0 Å². The van der Waals surface area contributed by atoms with Crippen LogP contribution in [0.4, 0.5) is 0 Å². The normalized spacial score (nSPS) is 13.0. The lowest BCUT2D eigenvalue weighted by atomic mass is 10.1. The highest BCUT2D eigenvalue weighted by Gasteiger charge is 2.16. The van der Waals surface area contributed by atoms with Crippen LogP contribution in [-0.2, 0) is 19.1 Å². The fourth-order valence-corrected chi connectivity index (χ4v) is 1.79. The predicted octanol–water partition coefficient (Wildman–Crippen LogP) is 0.915. The quantitative estimate of drug-likeness (QED) is 0.512. The van der Waals surface area contributed by atoms with E-state index in [1.807, 2.05) is 6.92 Å². The molecule has 0 spiro atoms. The van der Waals surface area contributed by atoms with E-state index in [0.717, 1.165) is 0 Å². The van der Waals surface area contributed by atoms with Gasteiger partial charge in [0.05, 0.1) is 6.61 Å². The molecule has 0 saturated carbocycles. The second-order valence-corrected chi connectivity index (χ2v) is 4.94. The number of hydrogen-bond donors (Lipinski definition) is 2. The van der Waals surface area contributed by atoms with Crippen molar-refractivity contribution in [3.63, 3.8) is 0 Å². The Kier molecular flexibility index (Phi) is 8.27. The van der Waals surface area contributed by atoms with Gasteiger partial charge in [0.2, 0.25) is 11.8 Å². The van der Waals surface area contributed by atoms with Crippen molar-refractivity contribution >= 4 is 17.8 Å². The standard InChI is InChI=1S/C14H24N2O4/c1-9(2)14(19)20-7-6-13(16-12(5)18)8-10(3)15-11(4)17/h10,13H,1,6-8H2,2-5H3,(H,15,17)(H,16,18). The van der Waals surface area contributed by atoms with Crippen molar-refractivity contribution < 1.29 is 19.1 Å². The molecule has 0 aliphatic heterocycles. The van der Waals surface area contributed by atoms with Crippen LogP contribution in [0, 0.1) is 0 Å². The van der Waals surface area contributed by atoms with Gasteiger partial charge in [-0.05, 0) is 20.3 Å². The van der Waals surface area contributed by atoms with Gasteiger partial charge in [0.25, 0.3) is 0 Å². The third kappa shape index (κ3) is 9.13. The summed E-state index contributed by atoms with van der Waals surface area (Å²) in [6.07, 6.45) is 1.06. The number of nitrogens with one attached hydrogen (secondary N) is 2. The van der Waals surface area contributed by atoms with Crippen molar-refractivity contribution in [1.29, 1.82) is 0 Å². The molecule has 6 nitrogen and oxygen atoms in total. The van der Waals surface area contributed by atoms with E-state index >= 15 is 0 Å². The molecule has 0 radical (unpaired) electrons. The molecule has 0 rings (SSSR count). The van der Waals surface area contributed by atoms with E-state index in [1.165, 1.54) is 13.8 Å². The average molecular weight is 284 g/mol. The van der Waals surface area contributed by atoms with Crippen LogP contribution in [0.1, 0.15) is 40.5 Å². The lowest BCUT2D eigenvalue weighted by molar-refractivity contribution is -0.139. The number of carbonyl (C=O) groups is 3. The van der Waals surface area contributed by atoms with Gasteiger partial charge < -0.3 is 15.4 Å². The molecule has 0 aromatic heterocycles. The summed E-state index contributed by atoms with van der Waals surface area (Å²) in [6.45, 7) is 9.99. The number of carbonyl (C=O) groups excluding carboxylic acids is 3. The minimum Gasteiger partial charge on any atom is -0.462 e. The number of amides is 2. The number of hydrogen-bond acceptors (Lipinski definition) is 4. The maximum Gasteiger partial charge on any atom is 0.333 e. The van der Waals surface area contributed by atoms with Crippen LogP contribution in [0.3, 0.4) is 0 Å². The summed E-state index contributed by atoms with van der Waals surface area (Å²) in [6, 6.07) is -0.228. The third-order valence-electron chi connectivity index (χ3n) is 2.54. The van der Waals surface area contributed by atoms with Crippen molar-refractivity contribution in [2.24, 2.45) is 0 Å². The Bertz CT molecular complexity index is 379. The molecule has 0 aliphatic carbocycles. The first-order valence-electron chi connectivity index (χ1n) is 6.59. The molecule has 6 heteroatoms. The molecule has 0 heterocycles. The Morgan fingerprint density at radius 1 is 1.10 bits per heavy atom. The van der Waals surface area contributed by atoms with Crippen molar-refractivity contribution in [1.82, 2.24) is 10.6 Å². The van der Waals surface area contributed by atoms with Gasteiger partial charge in [0.15, 0.2) is 0 Å².